The van der Waals surface area contributed by atoms with Gasteiger partial charge in [-0.3, -0.25) is 9.98 Å². The molecule has 2 aromatic rings. The monoisotopic (exact) mass is 512 g/mol. The van der Waals surface area contributed by atoms with Crippen LogP contribution >= 0.6 is 0 Å². The number of nitrogens with zero attached hydrogens (tertiary/aromatic N) is 2. The molecular formula is C28H36N2O7. The Bertz CT molecular complexity index is 962. The summed E-state index contributed by atoms with van der Waals surface area (Å²) in [6.07, 6.45) is 7.43. The molecule has 0 radical (unpaired) electrons. The summed E-state index contributed by atoms with van der Waals surface area (Å²) in [6, 6.07) is 10.4. The predicted octanol–water partition coefficient (Wildman–Crippen LogP) is 3.77. The quantitative estimate of drug-likeness (QED) is 0.553. The van der Waals surface area contributed by atoms with Crippen LogP contribution in [0.25, 0.3) is 0 Å². The standard InChI is InChI=1S/C28H36N2O7/c31-27-17-23-7-5-21(27)19-29-25-3-1-2-4-26(25)30-20-22-6-8-24(18-28(22)32)37-16-14-35-12-10-33-9-11-34-13-15-36-23/h5-8,17-20,25-26,31-32H,1-4,9-16H2/t25-,26-/m1/s1. The Morgan fingerprint density at radius 3 is 1.38 bits per heavy atom. The van der Waals surface area contributed by atoms with Crippen LogP contribution in [0.5, 0.6) is 23.0 Å². The largest absolute Gasteiger partial charge is 0.507 e. The zero-order valence-corrected chi connectivity index (χ0v) is 21.1. The molecule has 0 aromatic heterocycles. The van der Waals surface area contributed by atoms with E-state index in [1.807, 2.05) is 12.1 Å². The van der Waals surface area contributed by atoms with Gasteiger partial charge in [0, 0.05) is 35.7 Å². The van der Waals surface area contributed by atoms with Crippen molar-refractivity contribution in [2.24, 2.45) is 9.98 Å². The SMILES string of the molecule is Oc1cc2ccc1C=N[C@@H]1CCCC[C@H]1N=Cc1ccc(cc1O)OCCOCCOCCOCCO2. The van der Waals surface area contributed by atoms with Crippen LogP contribution in [0.4, 0.5) is 0 Å². The second-order valence-electron chi connectivity index (χ2n) is 8.95. The minimum atomic E-state index is 0.00819. The maximum atomic E-state index is 10.5. The number of aromatic hydroxyl groups is 2. The smallest absolute Gasteiger partial charge is 0.128 e. The molecule has 3 aliphatic heterocycles. The summed E-state index contributed by atoms with van der Waals surface area (Å²) in [5, 5.41) is 20.9. The first-order chi connectivity index (χ1) is 18.2. The molecule has 3 heterocycles. The molecule has 0 spiro atoms. The molecule has 6 rings (SSSR count). The van der Waals surface area contributed by atoms with E-state index >= 15 is 0 Å². The van der Waals surface area contributed by atoms with E-state index in [1.165, 1.54) is 0 Å². The van der Waals surface area contributed by atoms with Gasteiger partial charge in [-0.25, -0.2) is 0 Å². The van der Waals surface area contributed by atoms with Crippen molar-refractivity contribution >= 4 is 12.4 Å². The van der Waals surface area contributed by atoms with E-state index < -0.39 is 0 Å². The third-order valence-electron chi connectivity index (χ3n) is 6.24. The lowest BCUT2D eigenvalue weighted by molar-refractivity contribution is 0.00497. The number of fused-ring (bicyclic) bond motifs is 2. The highest BCUT2D eigenvalue weighted by Gasteiger charge is 2.23. The number of hydrogen-bond acceptors (Lipinski definition) is 9. The van der Waals surface area contributed by atoms with Crippen molar-refractivity contribution in [3.05, 3.63) is 47.5 Å². The molecular weight excluding hydrogens is 476 g/mol. The number of benzene rings is 2. The Morgan fingerprint density at radius 1 is 0.568 bits per heavy atom. The first-order valence-electron chi connectivity index (χ1n) is 12.9. The van der Waals surface area contributed by atoms with Gasteiger partial charge in [-0.2, -0.15) is 0 Å². The molecule has 2 N–H and O–H groups in total. The molecule has 1 saturated carbocycles. The van der Waals surface area contributed by atoms with Crippen LogP contribution in [0, 0.1) is 0 Å². The number of hydrogen-bond donors (Lipinski definition) is 2. The van der Waals surface area contributed by atoms with Gasteiger partial charge < -0.3 is 33.9 Å². The van der Waals surface area contributed by atoms with Crippen LogP contribution in [0.3, 0.4) is 0 Å². The first-order valence-corrected chi connectivity index (χ1v) is 12.9. The summed E-state index contributed by atoms with van der Waals surface area (Å²) in [7, 11) is 0. The molecule has 200 valence electrons. The minimum Gasteiger partial charge on any atom is -0.507 e. The van der Waals surface area contributed by atoms with Gasteiger partial charge in [-0.1, -0.05) is 12.8 Å². The van der Waals surface area contributed by atoms with E-state index in [0.717, 1.165) is 25.7 Å². The fourth-order valence-electron chi connectivity index (χ4n) is 4.22. The Balaban J connectivity index is 1.45. The van der Waals surface area contributed by atoms with Crippen molar-refractivity contribution in [1.29, 1.82) is 0 Å². The fraction of sp³-hybridized carbons (Fsp3) is 0.500. The minimum absolute atomic E-state index is 0.00819. The molecule has 0 amide bonds. The van der Waals surface area contributed by atoms with Crippen molar-refractivity contribution in [3.63, 3.8) is 0 Å². The fourth-order valence-corrected chi connectivity index (χ4v) is 4.22. The Kier molecular flexibility index (Phi) is 10.6. The zero-order chi connectivity index (χ0) is 25.7. The van der Waals surface area contributed by atoms with Crippen LogP contribution in [-0.2, 0) is 14.2 Å². The van der Waals surface area contributed by atoms with Gasteiger partial charge in [0.15, 0.2) is 0 Å². The second-order valence-corrected chi connectivity index (χ2v) is 8.95. The van der Waals surface area contributed by atoms with Crippen molar-refractivity contribution in [3.8, 4) is 23.0 Å². The van der Waals surface area contributed by atoms with Gasteiger partial charge in [0.05, 0.1) is 51.7 Å². The highest BCUT2D eigenvalue weighted by atomic mass is 16.6. The zero-order valence-electron chi connectivity index (χ0n) is 21.1. The van der Waals surface area contributed by atoms with Gasteiger partial charge >= 0.3 is 0 Å². The van der Waals surface area contributed by atoms with Gasteiger partial charge in [0.1, 0.15) is 36.2 Å². The number of phenolic OH excluding ortho intramolecular Hbond substituents is 2. The van der Waals surface area contributed by atoms with Crippen molar-refractivity contribution in [2.45, 2.75) is 37.8 Å². The molecule has 2 aromatic carbocycles. The second kappa shape index (κ2) is 14.6. The molecule has 4 aliphatic rings. The summed E-state index contributed by atoms with van der Waals surface area (Å²) in [4.78, 5) is 9.52. The molecule has 37 heavy (non-hydrogen) atoms. The number of rotatable bonds is 0. The highest BCUT2D eigenvalue weighted by molar-refractivity contribution is 5.85. The lowest BCUT2D eigenvalue weighted by atomic mass is 9.91. The van der Waals surface area contributed by atoms with Crippen LogP contribution in [0.1, 0.15) is 36.8 Å². The average Bonchev–Trinajstić information content (AvgIpc) is 2.90. The average molecular weight is 513 g/mol. The number of aliphatic imine (C=N–C) groups is 2. The summed E-state index contributed by atoms with van der Waals surface area (Å²) < 4.78 is 27.9. The van der Waals surface area contributed by atoms with Crippen molar-refractivity contribution in [2.75, 3.05) is 52.9 Å². The van der Waals surface area contributed by atoms with E-state index in [9.17, 15) is 10.2 Å². The summed E-state index contributed by atoms with van der Waals surface area (Å²) >= 11 is 0. The molecule has 2 atom stereocenters. The van der Waals surface area contributed by atoms with Gasteiger partial charge in [-0.05, 0) is 37.1 Å². The third-order valence-corrected chi connectivity index (χ3v) is 6.24. The first kappa shape index (κ1) is 26.9. The molecule has 0 saturated heterocycles. The topological polar surface area (TPSA) is 111 Å². The Hall–Kier alpha value is -3.14. The maximum absolute atomic E-state index is 10.5. The molecule has 4 bridgehead atoms. The van der Waals surface area contributed by atoms with E-state index in [-0.39, 0.29) is 23.6 Å². The van der Waals surface area contributed by atoms with Crippen LogP contribution in [0.15, 0.2) is 46.4 Å². The van der Waals surface area contributed by atoms with Gasteiger partial charge in [-0.15, -0.1) is 0 Å². The molecule has 1 aliphatic carbocycles. The van der Waals surface area contributed by atoms with E-state index in [1.54, 1.807) is 36.7 Å². The normalized spacial score (nSPS) is 22.5. The maximum Gasteiger partial charge on any atom is 0.128 e. The molecule has 9 nitrogen and oxygen atoms in total. The Labute approximate surface area is 217 Å². The predicted molar refractivity (Wildman–Crippen MR) is 141 cm³/mol. The Morgan fingerprint density at radius 2 is 0.973 bits per heavy atom. The molecule has 9 heteroatoms. The molecule has 0 unspecified atom stereocenters. The number of ether oxygens (including phenoxy) is 5. The van der Waals surface area contributed by atoms with Crippen molar-refractivity contribution in [1.82, 2.24) is 0 Å². The number of phenols is 2. The van der Waals surface area contributed by atoms with Crippen LogP contribution in [0.2, 0.25) is 0 Å². The molecule has 1 fully saturated rings. The van der Waals surface area contributed by atoms with Gasteiger partial charge in [0.25, 0.3) is 0 Å². The van der Waals surface area contributed by atoms with Gasteiger partial charge in [0.2, 0.25) is 0 Å². The van der Waals surface area contributed by atoms with E-state index in [0.29, 0.717) is 75.5 Å². The summed E-state index contributed by atoms with van der Waals surface area (Å²) in [6.45, 7) is 3.42. The summed E-state index contributed by atoms with van der Waals surface area (Å²) in [5.41, 5.74) is 1.26. The highest BCUT2D eigenvalue weighted by Crippen LogP contribution is 2.27. The van der Waals surface area contributed by atoms with E-state index in [2.05, 4.69) is 0 Å². The van der Waals surface area contributed by atoms with E-state index in [4.69, 9.17) is 33.7 Å². The lowest BCUT2D eigenvalue weighted by Crippen LogP contribution is -2.27. The van der Waals surface area contributed by atoms with Crippen LogP contribution < -0.4 is 9.47 Å². The summed E-state index contributed by atoms with van der Waals surface area (Å²) in [5.74, 6) is 1.36. The third kappa shape index (κ3) is 8.73. The van der Waals surface area contributed by atoms with Crippen LogP contribution in [-0.4, -0.2) is 87.6 Å². The van der Waals surface area contributed by atoms with Crippen molar-refractivity contribution < 1.29 is 33.9 Å². The lowest BCUT2D eigenvalue weighted by Gasteiger charge is -2.25.